The van der Waals surface area contributed by atoms with Gasteiger partial charge in [0, 0.05) is 7.05 Å². The number of halogens is 1. The van der Waals surface area contributed by atoms with Crippen LogP contribution in [0.25, 0.3) is 11.0 Å². The third kappa shape index (κ3) is 2.92. The SMILES string of the molecule is Cc1ccc2c(c1)nc(SCC(=O)O)n2C.Cl. The monoisotopic (exact) mass is 272 g/mol. The van der Waals surface area contributed by atoms with Crippen LogP contribution in [0.5, 0.6) is 0 Å². The van der Waals surface area contributed by atoms with Crippen LogP contribution in [0.1, 0.15) is 5.56 Å². The summed E-state index contributed by atoms with van der Waals surface area (Å²) in [5.74, 6) is -0.788. The standard InChI is InChI=1S/C11H12N2O2S.ClH/c1-7-3-4-9-8(5-7)12-11(13(9)2)16-6-10(14)15;/h3-5H,6H2,1-2H3,(H,14,15);1H. The van der Waals surface area contributed by atoms with Gasteiger partial charge in [0.2, 0.25) is 0 Å². The third-order valence-electron chi connectivity index (χ3n) is 2.32. The van der Waals surface area contributed by atoms with E-state index in [1.165, 1.54) is 11.8 Å². The van der Waals surface area contributed by atoms with Gasteiger partial charge in [-0.2, -0.15) is 0 Å². The molecule has 17 heavy (non-hydrogen) atoms. The quantitative estimate of drug-likeness (QED) is 0.872. The number of carbonyl (C=O) groups is 1. The molecule has 0 aliphatic carbocycles. The Balaban J connectivity index is 0.00000144. The van der Waals surface area contributed by atoms with Gasteiger partial charge in [-0.1, -0.05) is 17.8 Å². The van der Waals surface area contributed by atoms with Crippen LogP contribution in [0.3, 0.4) is 0 Å². The first-order valence-electron chi connectivity index (χ1n) is 4.85. The summed E-state index contributed by atoms with van der Waals surface area (Å²) in [6, 6.07) is 6.03. The molecular weight excluding hydrogens is 260 g/mol. The second kappa shape index (κ2) is 5.42. The van der Waals surface area contributed by atoms with E-state index in [-0.39, 0.29) is 18.2 Å². The Morgan fingerprint density at radius 3 is 2.88 bits per heavy atom. The highest BCUT2D eigenvalue weighted by atomic mass is 35.5. The smallest absolute Gasteiger partial charge is 0.313 e. The number of aliphatic carboxylic acids is 1. The fraction of sp³-hybridized carbons (Fsp3) is 0.273. The lowest BCUT2D eigenvalue weighted by Gasteiger charge is -1.99. The largest absolute Gasteiger partial charge is 0.481 e. The molecule has 0 fully saturated rings. The first-order chi connectivity index (χ1) is 7.58. The zero-order valence-electron chi connectivity index (χ0n) is 9.51. The number of imidazole rings is 1. The van der Waals surface area contributed by atoms with E-state index in [1.54, 1.807) is 0 Å². The van der Waals surface area contributed by atoms with E-state index in [4.69, 9.17) is 5.11 Å². The average Bonchev–Trinajstić information content (AvgIpc) is 2.52. The Hall–Kier alpha value is -1.20. The first-order valence-corrected chi connectivity index (χ1v) is 5.84. The van der Waals surface area contributed by atoms with Crippen molar-refractivity contribution >= 4 is 41.2 Å². The van der Waals surface area contributed by atoms with Gasteiger partial charge in [-0.15, -0.1) is 12.4 Å². The first kappa shape index (κ1) is 13.9. The molecular formula is C11H13ClN2O2S. The van der Waals surface area contributed by atoms with Crippen LogP contribution in [0.2, 0.25) is 0 Å². The molecule has 1 aromatic carbocycles. The fourth-order valence-corrected chi connectivity index (χ4v) is 2.25. The van der Waals surface area contributed by atoms with Crippen LogP contribution in [0.4, 0.5) is 0 Å². The minimum absolute atomic E-state index is 0. The number of fused-ring (bicyclic) bond motifs is 1. The number of hydrogen-bond acceptors (Lipinski definition) is 3. The van der Waals surface area contributed by atoms with Gasteiger partial charge in [-0.05, 0) is 24.6 Å². The maximum Gasteiger partial charge on any atom is 0.313 e. The van der Waals surface area contributed by atoms with Crippen molar-refractivity contribution in [3.63, 3.8) is 0 Å². The van der Waals surface area contributed by atoms with Gasteiger partial charge in [0.25, 0.3) is 0 Å². The molecule has 0 aliphatic heterocycles. The molecule has 92 valence electrons. The van der Waals surface area contributed by atoms with Crippen molar-refractivity contribution in [1.29, 1.82) is 0 Å². The lowest BCUT2D eigenvalue weighted by Crippen LogP contribution is -2.00. The van der Waals surface area contributed by atoms with Crippen LogP contribution in [-0.4, -0.2) is 26.4 Å². The average molecular weight is 273 g/mol. The number of benzene rings is 1. The van der Waals surface area contributed by atoms with Crippen molar-refractivity contribution in [2.24, 2.45) is 7.05 Å². The predicted molar refractivity (Wildman–Crippen MR) is 71.1 cm³/mol. The molecule has 4 nitrogen and oxygen atoms in total. The van der Waals surface area contributed by atoms with E-state index in [2.05, 4.69) is 4.98 Å². The summed E-state index contributed by atoms with van der Waals surface area (Å²) in [5.41, 5.74) is 3.09. The topological polar surface area (TPSA) is 55.1 Å². The summed E-state index contributed by atoms with van der Waals surface area (Å²) < 4.78 is 1.92. The van der Waals surface area contributed by atoms with Gasteiger partial charge in [0.05, 0.1) is 16.8 Å². The van der Waals surface area contributed by atoms with Crippen LogP contribution in [-0.2, 0) is 11.8 Å². The third-order valence-corrected chi connectivity index (χ3v) is 3.33. The second-order valence-electron chi connectivity index (χ2n) is 3.63. The molecule has 0 saturated carbocycles. The van der Waals surface area contributed by atoms with Crippen LogP contribution >= 0.6 is 24.2 Å². The Bertz CT molecular complexity index is 554. The van der Waals surface area contributed by atoms with E-state index < -0.39 is 5.97 Å². The van der Waals surface area contributed by atoms with Crippen LogP contribution < -0.4 is 0 Å². The normalized spacial score (nSPS) is 10.2. The second-order valence-corrected chi connectivity index (χ2v) is 4.57. The van der Waals surface area contributed by atoms with E-state index in [1.807, 2.05) is 36.7 Å². The van der Waals surface area contributed by atoms with Crippen LogP contribution in [0.15, 0.2) is 23.4 Å². The minimum Gasteiger partial charge on any atom is -0.481 e. The highest BCUT2D eigenvalue weighted by Gasteiger charge is 2.09. The van der Waals surface area contributed by atoms with Crippen LogP contribution in [0, 0.1) is 6.92 Å². The Morgan fingerprint density at radius 2 is 2.24 bits per heavy atom. The van der Waals surface area contributed by atoms with Crippen molar-refractivity contribution < 1.29 is 9.90 Å². The number of rotatable bonds is 3. The van der Waals surface area contributed by atoms with Gasteiger partial charge in [-0.3, -0.25) is 4.79 Å². The fourth-order valence-electron chi connectivity index (χ4n) is 1.54. The molecule has 1 aromatic heterocycles. The molecule has 0 radical (unpaired) electrons. The number of carboxylic acid groups (broad SMARTS) is 1. The summed E-state index contributed by atoms with van der Waals surface area (Å²) in [6.45, 7) is 2.01. The van der Waals surface area contributed by atoms with E-state index >= 15 is 0 Å². The molecule has 2 aromatic rings. The van der Waals surface area contributed by atoms with Gasteiger partial charge in [0.1, 0.15) is 0 Å². The van der Waals surface area contributed by atoms with Crippen molar-refractivity contribution in [3.8, 4) is 0 Å². The Labute approximate surface area is 109 Å². The summed E-state index contributed by atoms with van der Waals surface area (Å²) in [7, 11) is 1.90. The molecule has 2 rings (SSSR count). The maximum atomic E-state index is 10.5. The van der Waals surface area contributed by atoms with Crippen molar-refractivity contribution in [3.05, 3.63) is 23.8 Å². The molecule has 1 N–H and O–H groups in total. The summed E-state index contributed by atoms with van der Waals surface area (Å²) in [4.78, 5) is 14.9. The lowest BCUT2D eigenvalue weighted by molar-refractivity contribution is -0.133. The van der Waals surface area contributed by atoms with Gasteiger partial charge in [-0.25, -0.2) is 4.98 Å². The number of thioether (sulfide) groups is 1. The maximum absolute atomic E-state index is 10.5. The molecule has 0 atom stereocenters. The van der Waals surface area contributed by atoms with E-state index in [0.717, 1.165) is 21.8 Å². The van der Waals surface area contributed by atoms with E-state index in [9.17, 15) is 4.79 Å². The van der Waals surface area contributed by atoms with Crippen molar-refractivity contribution in [2.45, 2.75) is 12.1 Å². The summed E-state index contributed by atoms with van der Waals surface area (Å²) >= 11 is 1.24. The van der Waals surface area contributed by atoms with Gasteiger partial charge < -0.3 is 9.67 Å². The summed E-state index contributed by atoms with van der Waals surface area (Å²) in [5, 5.41) is 9.37. The Morgan fingerprint density at radius 1 is 1.53 bits per heavy atom. The highest BCUT2D eigenvalue weighted by Crippen LogP contribution is 2.23. The van der Waals surface area contributed by atoms with E-state index in [0.29, 0.717) is 0 Å². The number of nitrogens with zero attached hydrogens (tertiary/aromatic N) is 2. The van der Waals surface area contributed by atoms with Crippen molar-refractivity contribution in [1.82, 2.24) is 9.55 Å². The number of hydrogen-bond donors (Lipinski definition) is 1. The molecule has 6 heteroatoms. The number of aryl methyl sites for hydroxylation is 2. The van der Waals surface area contributed by atoms with Crippen molar-refractivity contribution in [2.75, 3.05) is 5.75 Å². The predicted octanol–water partition coefficient (Wildman–Crippen LogP) is 2.48. The zero-order chi connectivity index (χ0) is 11.7. The molecule has 1 heterocycles. The molecule has 0 saturated heterocycles. The molecule has 0 spiro atoms. The lowest BCUT2D eigenvalue weighted by atomic mass is 10.2. The molecule has 0 unspecified atom stereocenters. The number of aromatic nitrogens is 2. The highest BCUT2D eigenvalue weighted by molar-refractivity contribution is 7.99. The summed E-state index contributed by atoms with van der Waals surface area (Å²) in [6.07, 6.45) is 0. The Kier molecular flexibility index (Phi) is 4.42. The molecule has 0 bridgehead atoms. The zero-order valence-corrected chi connectivity index (χ0v) is 11.1. The van der Waals surface area contributed by atoms with Gasteiger partial charge >= 0.3 is 5.97 Å². The minimum atomic E-state index is -0.826. The van der Waals surface area contributed by atoms with Gasteiger partial charge in [0.15, 0.2) is 5.16 Å². The molecule has 0 aliphatic rings. The number of carboxylic acids is 1. The molecule has 0 amide bonds.